The van der Waals surface area contributed by atoms with Crippen LogP contribution >= 0.6 is 0 Å². The lowest BCUT2D eigenvalue weighted by Gasteiger charge is -2.13. The molecule has 1 aliphatic heterocycles. The smallest absolute Gasteiger partial charge is 0.292 e. The lowest BCUT2D eigenvalue weighted by atomic mass is 10.1. The molecule has 1 aliphatic rings. The fourth-order valence-electron chi connectivity index (χ4n) is 3.44. The molecule has 4 rings (SSSR count). The van der Waals surface area contributed by atoms with Gasteiger partial charge in [-0.3, -0.25) is 14.0 Å². The number of nitrogens with zero attached hydrogens (tertiary/aromatic N) is 3. The maximum atomic E-state index is 12.8. The number of aryl methyl sites for hydroxylation is 1. The molecule has 1 saturated heterocycles. The number of anilines is 1. The average Bonchev–Trinajstić information content (AvgIpc) is 3.36. The lowest BCUT2D eigenvalue weighted by Crippen LogP contribution is -2.28. The van der Waals surface area contributed by atoms with Crippen molar-refractivity contribution in [1.29, 1.82) is 0 Å². The van der Waals surface area contributed by atoms with Crippen molar-refractivity contribution in [3.8, 4) is 0 Å². The van der Waals surface area contributed by atoms with Gasteiger partial charge in [-0.05, 0) is 49.1 Å². The minimum Gasteiger partial charge on any atom is -0.337 e. The second-order valence-corrected chi connectivity index (χ2v) is 6.74. The van der Waals surface area contributed by atoms with E-state index in [1.165, 1.54) is 5.56 Å². The molecule has 0 radical (unpaired) electrons. The van der Waals surface area contributed by atoms with Crippen LogP contribution < -0.4 is 5.32 Å². The fourth-order valence-corrected chi connectivity index (χ4v) is 3.44. The number of aromatic nitrogens is 2. The van der Waals surface area contributed by atoms with E-state index in [1.54, 1.807) is 15.5 Å². The van der Waals surface area contributed by atoms with Crippen LogP contribution in [0.1, 0.15) is 46.4 Å². The zero-order valence-electron chi connectivity index (χ0n) is 15.3. The van der Waals surface area contributed by atoms with Gasteiger partial charge in [-0.2, -0.15) is 0 Å². The van der Waals surface area contributed by atoms with Crippen LogP contribution in [0.2, 0.25) is 0 Å². The Labute approximate surface area is 157 Å². The molecule has 2 amide bonds. The van der Waals surface area contributed by atoms with Gasteiger partial charge in [0.1, 0.15) is 0 Å². The van der Waals surface area contributed by atoms with Crippen molar-refractivity contribution in [2.24, 2.45) is 0 Å². The summed E-state index contributed by atoms with van der Waals surface area (Å²) in [6, 6.07) is 13.2. The zero-order valence-corrected chi connectivity index (χ0v) is 15.3. The van der Waals surface area contributed by atoms with Crippen LogP contribution in [0.15, 0.2) is 48.7 Å². The van der Waals surface area contributed by atoms with E-state index in [4.69, 9.17) is 0 Å². The molecular formula is C21H22N4O2. The topological polar surface area (TPSA) is 66.7 Å². The Morgan fingerprint density at radius 3 is 2.52 bits per heavy atom. The lowest BCUT2D eigenvalue weighted by molar-refractivity contribution is 0.0789. The summed E-state index contributed by atoms with van der Waals surface area (Å²) in [5.41, 5.74) is 2.90. The summed E-state index contributed by atoms with van der Waals surface area (Å²) in [4.78, 5) is 31.9. The summed E-state index contributed by atoms with van der Waals surface area (Å²) < 4.78 is 1.68. The van der Waals surface area contributed by atoms with Gasteiger partial charge in [-0.15, -0.1) is 0 Å². The Morgan fingerprint density at radius 1 is 1.07 bits per heavy atom. The molecule has 3 heterocycles. The summed E-state index contributed by atoms with van der Waals surface area (Å²) >= 11 is 0. The van der Waals surface area contributed by atoms with Crippen LogP contribution in [0.3, 0.4) is 0 Å². The van der Waals surface area contributed by atoms with Crippen LogP contribution in [-0.2, 0) is 6.42 Å². The minimum absolute atomic E-state index is 0.109. The Balaban J connectivity index is 1.66. The maximum absolute atomic E-state index is 12.8. The number of hydrogen-bond acceptors (Lipinski definition) is 3. The minimum atomic E-state index is -0.332. The Hall–Kier alpha value is -3.15. The van der Waals surface area contributed by atoms with Crippen molar-refractivity contribution in [3.63, 3.8) is 0 Å². The van der Waals surface area contributed by atoms with Crippen molar-refractivity contribution in [1.82, 2.24) is 14.3 Å². The van der Waals surface area contributed by atoms with Crippen molar-refractivity contribution < 1.29 is 9.59 Å². The van der Waals surface area contributed by atoms with Crippen molar-refractivity contribution in [2.75, 3.05) is 18.4 Å². The van der Waals surface area contributed by atoms with E-state index < -0.39 is 0 Å². The van der Waals surface area contributed by atoms with E-state index in [0.29, 0.717) is 16.9 Å². The van der Waals surface area contributed by atoms with Gasteiger partial charge < -0.3 is 10.2 Å². The second-order valence-electron chi connectivity index (χ2n) is 6.74. The molecule has 3 aromatic rings. The van der Waals surface area contributed by atoms with E-state index in [9.17, 15) is 9.59 Å². The van der Waals surface area contributed by atoms with Gasteiger partial charge in [0.15, 0.2) is 5.69 Å². The highest BCUT2D eigenvalue weighted by molar-refractivity contribution is 6.06. The molecule has 0 saturated carbocycles. The summed E-state index contributed by atoms with van der Waals surface area (Å²) in [6.07, 6.45) is 4.73. The number of nitrogens with one attached hydrogen (secondary N) is 1. The quantitative estimate of drug-likeness (QED) is 0.774. The van der Waals surface area contributed by atoms with Crippen molar-refractivity contribution in [2.45, 2.75) is 26.2 Å². The predicted octanol–water partition coefficient (Wildman–Crippen LogP) is 3.39. The summed E-state index contributed by atoms with van der Waals surface area (Å²) in [6.45, 7) is 3.58. The number of carbonyl (C=O) groups is 2. The van der Waals surface area contributed by atoms with Crippen LogP contribution in [-0.4, -0.2) is 39.2 Å². The highest BCUT2D eigenvalue weighted by atomic mass is 16.2. The summed E-state index contributed by atoms with van der Waals surface area (Å²) in [5.74, 6) is -0.226. The normalized spacial score (nSPS) is 13.9. The highest BCUT2D eigenvalue weighted by Crippen LogP contribution is 2.19. The maximum Gasteiger partial charge on any atom is 0.292 e. The van der Waals surface area contributed by atoms with Gasteiger partial charge in [0.05, 0.1) is 5.52 Å². The fraction of sp³-hybridized carbons (Fsp3) is 0.286. The third kappa shape index (κ3) is 3.30. The van der Waals surface area contributed by atoms with E-state index in [1.807, 2.05) is 42.5 Å². The molecule has 6 nitrogen and oxygen atoms in total. The van der Waals surface area contributed by atoms with Gasteiger partial charge in [0.25, 0.3) is 11.8 Å². The number of hydrogen-bond donors (Lipinski definition) is 1. The number of benzene rings is 1. The summed E-state index contributed by atoms with van der Waals surface area (Å²) in [7, 11) is 0. The molecule has 2 aromatic heterocycles. The molecule has 1 aromatic carbocycles. The molecule has 1 fully saturated rings. The molecule has 0 bridgehead atoms. The van der Waals surface area contributed by atoms with E-state index >= 15 is 0 Å². The average molecular weight is 362 g/mol. The van der Waals surface area contributed by atoms with Gasteiger partial charge in [0, 0.05) is 25.0 Å². The van der Waals surface area contributed by atoms with Gasteiger partial charge in [0.2, 0.25) is 5.82 Å². The first-order chi connectivity index (χ1) is 13.2. The van der Waals surface area contributed by atoms with Crippen molar-refractivity contribution in [3.05, 3.63) is 65.7 Å². The Morgan fingerprint density at radius 2 is 1.81 bits per heavy atom. The zero-order chi connectivity index (χ0) is 18.8. The van der Waals surface area contributed by atoms with Crippen LogP contribution in [0.25, 0.3) is 5.52 Å². The Kier molecular flexibility index (Phi) is 4.62. The van der Waals surface area contributed by atoms with Crippen LogP contribution in [0.5, 0.6) is 0 Å². The monoisotopic (exact) mass is 362 g/mol. The SMILES string of the molecule is CCc1ccc(NC(=O)c2nc(C(=O)N3CCCC3)c3ccccn23)cc1. The second kappa shape index (κ2) is 7.23. The number of likely N-dealkylation sites (tertiary alicyclic amines) is 1. The predicted molar refractivity (Wildman–Crippen MR) is 104 cm³/mol. The van der Waals surface area contributed by atoms with Crippen molar-refractivity contribution >= 4 is 23.0 Å². The van der Waals surface area contributed by atoms with E-state index in [2.05, 4.69) is 17.2 Å². The number of rotatable bonds is 4. The largest absolute Gasteiger partial charge is 0.337 e. The van der Waals surface area contributed by atoms with E-state index in [0.717, 1.165) is 32.4 Å². The number of amides is 2. The number of carbonyl (C=O) groups excluding carboxylic acids is 2. The molecule has 0 atom stereocenters. The summed E-state index contributed by atoms with van der Waals surface area (Å²) in [5, 5.41) is 2.88. The third-order valence-electron chi connectivity index (χ3n) is 4.97. The first-order valence-electron chi connectivity index (χ1n) is 9.34. The number of fused-ring (bicyclic) bond motifs is 1. The Bertz CT molecular complexity index is 985. The molecule has 6 heteroatoms. The highest BCUT2D eigenvalue weighted by Gasteiger charge is 2.26. The molecular weight excluding hydrogens is 340 g/mol. The van der Waals surface area contributed by atoms with Gasteiger partial charge in [-0.25, -0.2) is 4.98 Å². The van der Waals surface area contributed by atoms with Crippen LogP contribution in [0.4, 0.5) is 5.69 Å². The number of pyridine rings is 1. The first kappa shape index (κ1) is 17.3. The van der Waals surface area contributed by atoms with Gasteiger partial charge >= 0.3 is 0 Å². The van der Waals surface area contributed by atoms with E-state index in [-0.39, 0.29) is 17.6 Å². The van der Waals surface area contributed by atoms with Gasteiger partial charge in [-0.1, -0.05) is 25.1 Å². The molecule has 0 aliphatic carbocycles. The molecule has 27 heavy (non-hydrogen) atoms. The van der Waals surface area contributed by atoms with Crippen LogP contribution in [0, 0.1) is 0 Å². The molecule has 1 N–H and O–H groups in total. The number of imidazole rings is 1. The molecule has 0 unspecified atom stereocenters. The molecule has 138 valence electrons. The standard InChI is InChI=1S/C21H22N4O2/c1-2-15-8-10-16(11-9-15)22-20(26)19-23-18(17-7-3-4-14-25(17)19)21(27)24-12-5-6-13-24/h3-4,7-11,14H,2,5-6,12-13H2,1H3,(H,22,26). The first-order valence-corrected chi connectivity index (χ1v) is 9.34. The molecule has 0 spiro atoms. The third-order valence-corrected chi connectivity index (χ3v) is 4.97.